The summed E-state index contributed by atoms with van der Waals surface area (Å²) in [5.74, 6) is -0.856. The van der Waals surface area contributed by atoms with E-state index in [0.717, 1.165) is 11.8 Å². The number of alkyl halides is 3. The zero-order valence-corrected chi connectivity index (χ0v) is 20.7. The number of dihydropyridines is 1. The van der Waals surface area contributed by atoms with Crippen LogP contribution in [0, 0.1) is 5.41 Å². The molecule has 36 heavy (non-hydrogen) atoms. The standard InChI is InChI=1S/C28H29F3N2O3/c1-5-36-18-12-10-17(11-13-18)24-23(16(2)32-21-14-27(3,4)15-22(34)25(21)24)26(35)33-20-9-7-6-8-19(20)28(29,30)31/h6-13,24,32H,5,14-15H2,1-4H3,(H,33,35). The molecule has 0 spiro atoms. The van der Waals surface area contributed by atoms with Crippen LogP contribution in [0.2, 0.25) is 0 Å². The van der Waals surface area contributed by atoms with Gasteiger partial charge in [-0.2, -0.15) is 13.2 Å². The summed E-state index contributed by atoms with van der Waals surface area (Å²) in [5, 5.41) is 5.69. The Kier molecular flexibility index (Phi) is 6.73. The summed E-state index contributed by atoms with van der Waals surface area (Å²) in [7, 11) is 0. The van der Waals surface area contributed by atoms with E-state index in [4.69, 9.17) is 4.74 Å². The summed E-state index contributed by atoms with van der Waals surface area (Å²) < 4.78 is 46.2. The molecule has 0 saturated carbocycles. The maximum atomic E-state index is 13.6. The van der Waals surface area contributed by atoms with Crippen LogP contribution in [0.25, 0.3) is 0 Å². The summed E-state index contributed by atoms with van der Waals surface area (Å²) in [6.07, 6.45) is -3.70. The fourth-order valence-electron chi connectivity index (χ4n) is 5.02. The number of ether oxygens (including phenoxy) is 1. The first-order valence-electron chi connectivity index (χ1n) is 11.9. The van der Waals surface area contributed by atoms with Gasteiger partial charge in [-0.1, -0.05) is 38.1 Å². The van der Waals surface area contributed by atoms with E-state index in [1.165, 1.54) is 18.2 Å². The number of halogens is 3. The quantitative estimate of drug-likeness (QED) is 0.504. The van der Waals surface area contributed by atoms with Crippen molar-refractivity contribution in [3.63, 3.8) is 0 Å². The highest BCUT2D eigenvalue weighted by Crippen LogP contribution is 2.47. The molecule has 2 aromatic rings. The molecule has 1 atom stereocenters. The van der Waals surface area contributed by atoms with Gasteiger partial charge in [-0.3, -0.25) is 9.59 Å². The van der Waals surface area contributed by atoms with Crippen molar-refractivity contribution >= 4 is 17.4 Å². The van der Waals surface area contributed by atoms with Crippen LogP contribution in [0.5, 0.6) is 5.75 Å². The lowest BCUT2D eigenvalue weighted by atomic mass is 9.68. The third-order valence-electron chi connectivity index (χ3n) is 6.49. The number of ketones is 1. The number of hydrogen-bond donors (Lipinski definition) is 2. The Hall–Kier alpha value is -3.55. The minimum Gasteiger partial charge on any atom is -0.494 e. The molecule has 0 saturated heterocycles. The highest BCUT2D eigenvalue weighted by molar-refractivity contribution is 6.10. The largest absolute Gasteiger partial charge is 0.494 e. The van der Waals surface area contributed by atoms with Gasteiger partial charge in [-0.05, 0) is 55.5 Å². The van der Waals surface area contributed by atoms with Gasteiger partial charge in [0, 0.05) is 34.9 Å². The molecule has 0 bridgehead atoms. The molecule has 1 heterocycles. The number of para-hydroxylation sites is 1. The monoisotopic (exact) mass is 498 g/mol. The second kappa shape index (κ2) is 9.48. The third-order valence-corrected chi connectivity index (χ3v) is 6.49. The Bertz CT molecular complexity index is 1260. The van der Waals surface area contributed by atoms with Crippen LogP contribution in [0.15, 0.2) is 71.1 Å². The summed E-state index contributed by atoms with van der Waals surface area (Å²) >= 11 is 0. The van der Waals surface area contributed by atoms with Gasteiger partial charge < -0.3 is 15.4 Å². The van der Waals surface area contributed by atoms with Crippen LogP contribution in [-0.4, -0.2) is 18.3 Å². The van der Waals surface area contributed by atoms with Gasteiger partial charge >= 0.3 is 6.18 Å². The predicted molar refractivity (Wildman–Crippen MR) is 131 cm³/mol. The van der Waals surface area contributed by atoms with Gasteiger partial charge in [-0.15, -0.1) is 0 Å². The number of anilines is 1. The van der Waals surface area contributed by atoms with Crippen molar-refractivity contribution in [1.82, 2.24) is 5.32 Å². The lowest BCUT2D eigenvalue weighted by Crippen LogP contribution is -2.39. The molecule has 1 amide bonds. The van der Waals surface area contributed by atoms with E-state index in [9.17, 15) is 22.8 Å². The van der Waals surface area contributed by atoms with Gasteiger partial charge in [-0.25, -0.2) is 0 Å². The number of carbonyl (C=O) groups is 2. The van der Waals surface area contributed by atoms with Crippen LogP contribution in [-0.2, 0) is 15.8 Å². The van der Waals surface area contributed by atoms with E-state index in [2.05, 4.69) is 10.6 Å². The van der Waals surface area contributed by atoms with E-state index in [0.29, 0.717) is 42.0 Å². The number of Topliss-reactive ketones (excluding diaryl/α,β-unsaturated/α-hetero) is 1. The van der Waals surface area contributed by atoms with Crippen molar-refractivity contribution < 1.29 is 27.5 Å². The summed E-state index contributed by atoms with van der Waals surface area (Å²) in [4.78, 5) is 27.0. The SMILES string of the molecule is CCOc1ccc(C2C(C(=O)Nc3ccccc3C(F)(F)F)=C(C)NC3=C2C(=O)CC(C)(C)C3)cc1. The molecule has 1 aliphatic heterocycles. The van der Waals surface area contributed by atoms with Crippen molar-refractivity contribution in [2.45, 2.75) is 52.6 Å². The maximum Gasteiger partial charge on any atom is 0.418 e. The van der Waals surface area contributed by atoms with Gasteiger partial charge in [0.05, 0.1) is 17.9 Å². The molecule has 2 N–H and O–H groups in total. The zero-order chi connectivity index (χ0) is 26.3. The van der Waals surface area contributed by atoms with Crippen LogP contribution in [0.1, 0.15) is 57.6 Å². The predicted octanol–water partition coefficient (Wildman–Crippen LogP) is 6.35. The first kappa shape index (κ1) is 25.5. The number of rotatable bonds is 5. The first-order valence-corrected chi connectivity index (χ1v) is 11.9. The Morgan fingerprint density at radius 1 is 1.11 bits per heavy atom. The minimum absolute atomic E-state index is 0.0823. The van der Waals surface area contributed by atoms with Crippen molar-refractivity contribution in [2.24, 2.45) is 5.41 Å². The Morgan fingerprint density at radius 2 is 1.78 bits per heavy atom. The molecular formula is C28H29F3N2O3. The fourth-order valence-corrected chi connectivity index (χ4v) is 5.02. The number of hydrogen-bond acceptors (Lipinski definition) is 4. The molecule has 0 aromatic heterocycles. The average Bonchev–Trinajstić information content (AvgIpc) is 2.77. The van der Waals surface area contributed by atoms with Crippen LogP contribution in [0.4, 0.5) is 18.9 Å². The maximum absolute atomic E-state index is 13.6. The lowest BCUT2D eigenvalue weighted by Gasteiger charge is -2.39. The van der Waals surface area contributed by atoms with Crippen LogP contribution in [0.3, 0.4) is 0 Å². The highest BCUT2D eigenvalue weighted by Gasteiger charge is 2.43. The van der Waals surface area contributed by atoms with E-state index in [-0.39, 0.29) is 22.5 Å². The highest BCUT2D eigenvalue weighted by atomic mass is 19.4. The number of allylic oxidation sites excluding steroid dienone is 3. The molecule has 4 rings (SSSR count). The number of carbonyl (C=O) groups excluding carboxylic acids is 2. The van der Waals surface area contributed by atoms with Crippen molar-refractivity contribution in [3.8, 4) is 5.75 Å². The molecule has 190 valence electrons. The smallest absolute Gasteiger partial charge is 0.418 e. The van der Waals surface area contributed by atoms with Gasteiger partial charge in [0.15, 0.2) is 5.78 Å². The average molecular weight is 499 g/mol. The van der Waals surface area contributed by atoms with E-state index in [1.807, 2.05) is 20.8 Å². The molecule has 1 unspecified atom stereocenters. The van der Waals surface area contributed by atoms with Gasteiger partial charge in [0.25, 0.3) is 5.91 Å². The molecule has 1 aliphatic carbocycles. The lowest BCUT2D eigenvalue weighted by molar-refractivity contribution is -0.137. The number of amides is 1. The van der Waals surface area contributed by atoms with Crippen molar-refractivity contribution in [3.05, 3.63) is 82.2 Å². The van der Waals surface area contributed by atoms with Crippen LogP contribution >= 0.6 is 0 Å². The summed E-state index contributed by atoms with van der Waals surface area (Å²) in [6, 6.07) is 12.0. The molecule has 5 nitrogen and oxygen atoms in total. The zero-order valence-electron chi connectivity index (χ0n) is 20.7. The second-order valence-electron chi connectivity index (χ2n) is 9.93. The third kappa shape index (κ3) is 5.03. The molecule has 2 aliphatic rings. The van der Waals surface area contributed by atoms with Gasteiger partial charge in [0.2, 0.25) is 0 Å². The molecule has 2 aromatic carbocycles. The Balaban J connectivity index is 1.80. The first-order chi connectivity index (χ1) is 16.9. The summed E-state index contributed by atoms with van der Waals surface area (Å²) in [6.45, 7) is 8.09. The number of benzene rings is 2. The van der Waals surface area contributed by atoms with Crippen molar-refractivity contribution in [2.75, 3.05) is 11.9 Å². The second-order valence-corrected chi connectivity index (χ2v) is 9.93. The van der Waals surface area contributed by atoms with Crippen molar-refractivity contribution in [1.29, 1.82) is 0 Å². The minimum atomic E-state index is -4.63. The molecule has 0 fully saturated rings. The molecular weight excluding hydrogens is 469 g/mol. The van der Waals surface area contributed by atoms with Gasteiger partial charge in [0.1, 0.15) is 5.75 Å². The fraction of sp³-hybridized carbons (Fsp3) is 0.357. The van der Waals surface area contributed by atoms with E-state index < -0.39 is 23.6 Å². The topological polar surface area (TPSA) is 67.4 Å². The Labute approximate surface area is 208 Å². The summed E-state index contributed by atoms with van der Waals surface area (Å²) in [5.41, 5.74) is 1.11. The van der Waals surface area contributed by atoms with E-state index >= 15 is 0 Å². The van der Waals surface area contributed by atoms with E-state index in [1.54, 1.807) is 31.2 Å². The normalized spacial score (nSPS) is 19.5. The van der Waals surface area contributed by atoms with Crippen LogP contribution < -0.4 is 15.4 Å². The molecule has 8 heteroatoms. The Morgan fingerprint density at radius 3 is 2.42 bits per heavy atom. The number of nitrogens with one attached hydrogen (secondary N) is 2. The molecule has 0 radical (unpaired) electrons.